The fraction of sp³-hybridized carbons (Fsp3) is 0.348. The number of hydrogen-bond donors (Lipinski definition) is 2. The van der Waals surface area contributed by atoms with Gasteiger partial charge in [0.2, 0.25) is 11.5 Å². The Balaban J connectivity index is 1.70. The first-order chi connectivity index (χ1) is 14.5. The summed E-state index contributed by atoms with van der Waals surface area (Å²) >= 11 is 0. The highest BCUT2D eigenvalue weighted by Gasteiger charge is 2.33. The number of methoxy groups -OCH3 is 3. The van der Waals surface area contributed by atoms with Crippen molar-refractivity contribution in [2.45, 2.75) is 19.4 Å². The Morgan fingerprint density at radius 3 is 2.33 bits per heavy atom. The molecule has 0 aromatic heterocycles. The first-order valence-corrected chi connectivity index (χ1v) is 9.98. The van der Waals surface area contributed by atoms with E-state index in [0.717, 1.165) is 13.1 Å². The maximum atomic E-state index is 13.0. The van der Waals surface area contributed by atoms with E-state index in [2.05, 4.69) is 0 Å². The highest BCUT2D eigenvalue weighted by atomic mass is 16.5. The van der Waals surface area contributed by atoms with Gasteiger partial charge in [-0.3, -0.25) is 4.79 Å². The van der Waals surface area contributed by atoms with Crippen LogP contribution in [0, 0.1) is 0 Å². The zero-order chi connectivity index (χ0) is 21.3. The number of quaternary nitrogens is 1. The summed E-state index contributed by atoms with van der Waals surface area (Å²) in [7, 11) is 4.61. The fourth-order valence-electron chi connectivity index (χ4n) is 4.11. The standard InChI is InChI=1S/C23H25NO6/c1-27-19-11-14(12-20(28-2)23(19)29-3)10-18-21(26)15-6-7-17(25)16(22(15)30-18)13-24-8-4-5-9-24/h6-7,10-12,25H,4-5,8-9,13H2,1-3H3/p+1/b18-10-. The Hall–Kier alpha value is -3.19. The van der Waals surface area contributed by atoms with Crippen LogP contribution in [0.1, 0.15) is 34.3 Å². The molecule has 0 bridgehead atoms. The van der Waals surface area contributed by atoms with Crippen molar-refractivity contribution in [2.24, 2.45) is 0 Å². The SMILES string of the molecule is COc1cc(/C=C2\Oc3c(ccc(O)c3C[NH+]3CCCC3)C2=O)cc(OC)c1OC. The maximum Gasteiger partial charge on any atom is 0.231 e. The first kappa shape index (κ1) is 20.1. The average Bonchev–Trinajstić information content (AvgIpc) is 3.37. The quantitative estimate of drug-likeness (QED) is 0.709. The summed E-state index contributed by atoms with van der Waals surface area (Å²) in [4.78, 5) is 14.4. The first-order valence-electron chi connectivity index (χ1n) is 9.98. The summed E-state index contributed by atoms with van der Waals surface area (Å²) < 4.78 is 22.1. The number of benzene rings is 2. The minimum Gasteiger partial charge on any atom is -0.507 e. The maximum absolute atomic E-state index is 13.0. The molecule has 30 heavy (non-hydrogen) atoms. The summed E-state index contributed by atoms with van der Waals surface area (Å²) in [5.74, 6) is 2.06. The van der Waals surface area contributed by atoms with Crippen LogP contribution in [0.25, 0.3) is 6.08 Å². The lowest BCUT2D eigenvalue weighted by Crippen LogP contribution is -3.08. The Kier molecular flexibility index (Phi) is 5.55. The van der Waals surface area contributed by atoms with Crippen LogP contribution in [-0.2, 0) is 6.54 Å². The smallest absolute Gasteiger partial charge is 0.231 e. The van der Waals surface area contributed by atoms with Crippen LogP contribution in [0.2, 0.25) is 0 Å². The van der Waals surface area contributed by atoms with Gasteiger partial charge in [-0.1, -0.05) is 0 Å². The number of phenolic OH excluding ortho intramolecular Hbond substituents is 1. The van der Waals surface area contributed by atoms with Gasteiger partial charge in [-0.15, -0.1) is 0 Å². The molecule has 0 atom stereocenters. The second kappa shape index (κ2) is 8.28. The molecule has 7 heteroatoms. The summed E-state index contributed by atoms with van der Waals surface area (Å²) in [6.07, 6.45) is 4.00. The molecule has 2 aromatic rings. The number of hydrogen-bond acceptors (Lipinski definition) is 6. The Labute approximate surface area is 175 Å². The zero-order valence-electron chi connectivity index (χ0n) is 17.4. The third-order valence-corrected chi connectivity index (χ3v) is 5.64. The number of rotatable bonds is 6. The van der Waals surface area contributed by atoms with E-state index in [1.165, 1.54) is 39.1 Å². The van der Waals surface area contributed by atoms with Crippen molar-refractivity contribution in [2.75, 3.05) is 34.4 Å². The number of ether oxygens (including phenoxy) is 4. The monoisotopic (exact) mass is 412 g/mol. The molecule has 0 radical (unpaired) electrons. The number of nitrogens with one attached hydrogen (secondary N) is 1. The van der Waals surface area contributed by atoms with Gasteiger partial charge in [0.1, 0.15) is 12.3 Å². The lowest BCUT2D eigenvalue weighted by Gasteiger charge is -2.15. The molecule has 0 unspecified atom stereocenters. The van der Waals surface area contributed by atoms with E-state index in [0.29, 0.717) is 46.2 Å². The van der Waals surface area contributed by atoms with Crippen LogP contribution in [0.5, 0.6) is 28.7 Å². The molecule has 158 valence electrons. The van der Waals surface area contributed by atoms with Gasteiger partial charge in [0.25, 0.3) is 0 Å². The van der Waals surface area contributed by atoms with E-state index in [9.17, 15) is 9.90 Å². The normalized spacial score (nSPS) is 17.2. The molecular weight excluding hydrogens is 386 g/mol. The van der Waals surface area contributed by atoms with Crippen molar-refractivity contribution in [3.8, 4) is 28.7 Å². The van der Waals surface area contributed by atoms with E-state index >= 15 is 0 Å². The Morgan fingerprint density at radius 2 is 1.73 bits per heavy atom. The van der Waals surface area contributed by atoms with Gasteiger partial charge in [-0.05, 0) is 35.9 Å². The molecule has 0 aliphatic carbocycles. The van der Waals surface area contributed by atoms with Crippen LogP contribution in [0.15, 0.2) is 30.0 Å². The van der Waals surface area contributed by atoms with E-state index in [1.54, 1.807) is 30.3 Å². The molecule has 0 spiro atoms. The molecule has 2 aromatic carbocycles. The molecule has 0 saturated carbocycles. The van der Waals surface area contributed by atoms with Crippen LogP contribution >= 0.6 is 0 Å². The molecule has 2 aliphatic heterocycles. The number of aromatic hydroxyl groups is 1. The highest BCUT2D eigenvalue weighted by Crippen LogP contribution is 2.41. The summed E-state index contributed by atoms with van der Waals surface area (Å²) in [5.41, 5.74) is 1.84. The van der Waals surface area contributed by atoms with E-state index in [4.69, 9.17) is 18.9 Å². The molecule has 1 saturated heterocycles. The van der Waals surface area contributed by atoms with Crippen LogP contribution in [0.3, 0.4) is 0 Å². The predicted molar refractivity (Wildman–Crippen MR) is 111 cm³/mol. The van der Waals surface area contributed by atoms with Crippen LogP contribution < -0.4 is 23.8 Å². The lowest BCUT2D eigenvalue weighted by molar-refractivity contribution is -0.901. The number of likely N-dealkylation sites (tertiary alicyclic amines) is 1. The van der Waals surface area contributed by atoms with Gasteiger partial charge in [-0.25, -0.2) is 0 Å². The zero-order valence-corrected chi connectivity index (χ0v) is 17.4. The molecule has 4 rings (SSSR count). The van der Waals surface area contributed by atoms with Gasteiger partial charge >= 0.3 is 0 Å². The summed E-state index contributed by atoms with van der Waals surface area (Å²) in [6, 6.07) is 6.70. The van der Waals surface area contributed by atoms with Gasteiger partial charge in [0.15, 0.2) is 23.0 Å². The topological polar surface area (TPSA) is 78.7 Å². The Morgan fingerprint density at radius 1 is 1.07 bits per heavy atom. The second-order valence-electron chi connectivity index (χ2n) is 7.47. The third kappa shape index (κ3) is 3.57. The van der Waals surface area contributed by atoms with Gasteiger partial charge in [0, 0.05) is 12.8 Å². The van der Waals surface area contributed by atoms with Gasteiger partial charge in [-0.2, -0.15) is 0 Å². The number of carbonyl (C=O) groups is 1. The largest absolute Gasteiger partial charge is 0.507 e. The van der Waals surface area contributed by atoms with Crippen molar-refractivity contribution in [1.82, 2.24) is 0 Å². The number of Topliss-reactive ketones (excluding diaryl/α,β-unsaturated/α-hetero) is 1. The predicted octanol–water partition coefficient (Wildman–Crippen LogP) is 2.21. The molecule has 2 N–H and O–H groups in total. The van der Waals surface area contributed by atoms with Crippen LogP contribution in [-0.4, -0.2) is 45.3 Å². The number of allylic oxidation sites excluding steroid dienone is 1. The number of ketones is 1. The summed E-state index contributed by atoms with van der Waals surface area (Å²) in [5, 5.41) is 10.4. The molecule has 2 aliphatic rings. The highest BCUT2D eigenvalue weighted by molar-refractivity contribution is 6.15. The molecule has 2 heterocycles. The van der Waals surface area contributed by atoms with Crippen molar-refractivity contribution < 1.29 is 33.7 Å². The average molecular weight is 412 g/mol. The van der Waals surface area contributed by atoms with E-state index < -0.39 is 0 Å². The summed E-state index contributed by atoms with van der Waals surface area (Å²) in [6.45, 7) is 2.76. The third-order valence-electron chi connectivity index (χ3n) is 5.64. The molecule has 0 amide bonds. The van der Waals surface area contributed by atoms with Crippen molar-refractivity contribution in [1.29, 1.82) is 0 Å². The van der Waals surface area contributed by atoms with E-state index in [-0.39, 0.29) is 17.3 Å². The minimum atomic E-state index is -0.212. The van der Waals surface area contributed by atoms with Crippen molar-refractivity contribution in [3.63, 3.8) is 0 Å². The fourth-order valence-corrected chi connectivity index (χ4v) is 4.11. The second-order valence-corrected chi connectivity index (χ2v) is 7.47. The molecular formula is C23H26NO6+. The van der Waals surface area contributed by atoms with Gasteiger partial charge in [0.05, 0.1) is 45.5 Å². The van der Waals surface area contributed by atoms with E-state index in [1.807, 2.05) is 0 Å². The molecule has 7 nitrogen and oxygen atoms in total. The number of phenols is 1. The number of fused-ring (bicyclic) bond motifs is 1. The lowest BCUT2D eigenvalue weighted by atomic mass is 10.0. The Bertz CT molecular complexity index is 982. The minimum absolute atomic E-state index is 0.162. The van der Waals surface area contributed by atoms with Crippen molar-refractivity contribution in [3.05, 3.63) is 46.7 Å². The van der Waals surface area contributed by atoms with Crippen LogP contribution in [0.4, 0.5) is 0 Å². The molecule has 1 fully saturated rings. The van der Waals surface area contributed by atoms with Gasteiger partial charge < -0.3 is 29.0 Å². The number of carbonyl (C=O) groups excluding carboxylic acids is 1. The van der Waals surface area contributed by atoms with Crippen molar-refractivity contribution >= 4 is 11.9 Å².